The van der Waals surface area contributed by atoms with Gasteiger partial charge in [0.15, 0.2) is 0 Å². The molecule has 0 heterocycles. The predicted octanol–water partition coefficient (Wildman–Crippen LogP) is 4.29. The zero-order chi connectivity index (χ0) is 13.3. The van der Waals surface area contributed by atoms with E-state index in [4.69, 9.17) is 5.26 Å². The maximum absolute atomic E-state index is 13.6. The van der Waals surface area contributed by atoms with Crippen LogP contribution in [-0.4, -0.2) is 0 Å². The van der Waals surface area contributed by atoms with Gasteiger partial charge >= 0.3 is 0 Å². The molecule has 0 saturated carbocycles. The van der Waals surface area contributed by atoms with Gasteiger partial charge in [0, 0.05) is 5.56 Å². The average molecular weight is 239 g/mol. The predicted molar refractivity (Wildman–Crippen MR) is 70.8 cm³/mol. The lowest BCUT2D eigenvalue weighted by atomic mass is 9.93. The third-order valence-electron chi connectivity index (χ3n) is 3.26. The van der Waals surface area contributed by atoms with Gasteiger partial charge in [-0.25, -0.2) is 4.39 Å². The Balaban J connectivity index is 2.74. The molecule has 0 aromatic heterocycles. The molecule has 2 heteroatoms. The Bertz CT molecular complexity index is 651. The van der Waals surface area contributed by atoms with Crippen LogP contribution in [0.2, 0.25) is 0 Å². The number of aryl methyl sites for hydroxylation is 3. The van der Waals surface area contributed by atoms with E-state index in [9.17, 15) is 4.39 Å². The van der Waals surface area contributed by atoms with Gasteiger partial charge in [-0.05, 0) is 49.1 Å². The van der Waals surface area contributed by atoms with E-state index in [2.05, 4.69) is 6.07 Å². The van der Waals surface area contributed by atoms with Gasteiger partial charge in [-0.1, -0.05) is 24.3 Å². The third-order valence-corrected chi connectivity index (χ3v) is 3.26. The lowest BCUT2D eigenvalue weighted by Gasteiger charge is -2.11. The summed E-state index contributed by atoms with van der Waals surface area (Å²) in [5.74, 6) is -0.465. The number of benzene rings is 2. The summed E-state index contributed by atoms with van der Waals surface area (Å²) in [6.07, 6.45) is 0. The first-order valence-corrected chi connectivity index (χ1v) is 5.81. The van der Waals surface area contributed by atoms with Gasteiger partial charge in [-0.2, -0.15) is 5.26 Å². The summed E-state index contributed by atoms with van der Waals surface area (Å²) < 4.78 is 13.6. The highest BCUT2D eigenvalue weighted by Crippen LogP contribution is 2.30. The lowest BCUT2D eigenvalue weighted by molar-refractivity contribution is 0.624. The van der Waals surface area contributed by atoms with Crippen LogP contribution >= 0.6 is 0 Å². The minimum absolute atomic E-state index is 0.115. The van der Waals surface area contributed by atoms with Crippen LogP contribution in [-0.2, 0) is 0 Å². The SMILES string of the molecule is Cc1cc(C)c(-c2cccc(F)c2C#N)cc1C. The normalized spacial score (nSPS) is 10.2. The van der Waals surface area contributed by atoms with Crippen LogP contribution in [0.25, 0.3) is 11.1 Å². The van der Waals surface area contributed by atoms with Crippen LogP contribution in [0.15, 0.2) is 30.3 Å². The van der Waals surface area contributed by atoms with Crippen molar-refractivity contribution in [2.24, 2.45) is 0 Å². The van der Waals surface area contributed by atoms with Crippen molar-refractivity contribution in [3.63, 3.8) is 0 Å². The highest BCUT2D eigenvalue weighted by Gasteiger charge is 2.12. The van der Waals surface area contributed by atoms with E-state index in [1.165, 1.54) is 11.6 Å². The van der Waals surface area contributed by atoms with Crippen LogP contribution in [0, 0.1) is 37.9 Å². The molecular formula is C16H14FN. The Morgan fingerprint density at radius 3 is 2.28 bits per heavy atom. The molecule has 0 aliphatic rings. The van der Waals surface area contributed by atoms with Crippen molar-refractivity contribution in [3.05, 3.63) is 58.4 Å². The average Bonchev–Trinajstić information content (AvgIpc) is 2.33. The van der Waals surface area contributed by atoms with Crippen molar-refractivity contribution in [2.45, 2.75) is 20.8 Å². The van der Waals surface area contributed by atoms with Gasteiger partial charge < -0.3 is 0 Å². The molecule has 2 rings (SSSR count). The molecule has 0 aliphatic carbocycles. The molecular weight excluding hydrogens is 225 g/mol. The maximum Gasteiger partial charge on any atom is 0.141 e. The van der Waals surface area contributed by atoms with E-state index in [1.807, 2.05) is 32.9 Å². The summed E-state index contributed by atoms with van der Waals surface area (Å²) in [4.78, 5) is 0. The molecule has 0 unspecified atom stereocenters. The zero-order valence-electron chi connectivity index (χ0n) is 10.7. The summed E-state index contributed by atoms with van der Waals surface area (Å²) in [5.41, 5.74) is 5.10. The van der Waals surface area contributed by atoms with Gasteiger partial charge in [0.1, 0.15) is 11.9 Å². The van der Waals surface area contributed by atoms with Crippen LogP contribution in [0.3, 0.4) is 0 Å². The Hall–Kier alpha value is -2.14. The fraction of sp³-hybridized carbons (Fsp3) is 0.188. The molecule has 0 atom stereocenters. The van der Waals surface area contributed by atoms with Crippen molar-refractivity contribution in [1.29, 1.82) is 5.26 Å². The molecule has 0 N–H and O–H groups in total. The molecule has 1 nitrogen and oxygen atoms in total. The van der Waals surface area contributed by atoms with E-state index in [-0.39, 0.29) is 5.56 Å². The van der Waals surface area contributed by atoms with Gasteiger partial charge in [0.25, 0.3) is 0 Å². The van der Waals surface area contributed by atoms with E-state index in [1.54, 1.807) is 12.1 Å². The van der Waals surface area contributed by atoms with Gasteiger partial charge in [-0.15, -0.1) is 0 Å². The second-order valence-electron chi connectivity index (χ2n) is 4.53. The van der Waals surface area contributed by atoms with Crippen molar-refractivity contribution >= 4 is 0 Å². The van der Waals surface area contributed by atoms with Crippen molar-refractivity contribution in [1.82, 2.24) is 0 Å². The molecule has 90 valence electrons. The smallest absolute Gasteiger partial charge is 0.141 e. The first kappa shape index (κ1) is 12.3. The number of hydrogen-bond acceptors (Lipinski definition) is 1. The fourth-order valence-corrected chi connectivity index (χ4v) is 2.11. The number of rotatable bonds is 1. The third kappa shape index (κ3) is 2.00. The monoisotopic (exact) mass is 239 g/mol. The van der Waals surface area contributed by atoms with E-state index in [0.29, 0.717) is 5.56 Å². The van der Waals surface area contributed by atoms with Gasteiger partial charge in [0.05, 0.1) is 5.56 Å². The number of nitriles is 1. The highest BCUT2D eigenvalue weighted by atomic mass is 19.1. The van der Waals surface area contributed by atoms with Crippen LogP contribution in [0.4, 0.5) is 4.39 Å². The van der Waals surface area contributed by atoms with Crippen molar-refractivity contribution < 1.29 is 4.39 Å². The Morgan fingerprint density at radius 1 is 0.944 bits per heavy atom. The first-order valence-electron chi connectivity index (χ1n) is 5.81. The van der Waals surface area contributed by atoms with Gasteiger partial charge in [0.2, 0.25) is 0 Å². The summed E-state index contributed by atoms with van der Waals surface area (Å²) >= 11 is 0. The van der Waals surface area contributed by atoms with Crippen LogP contribution < -0.4 is 0 Å². The minimum atomic E-state index is -0.465. The highest BCUT2D eigenvalue weighted by molar-refractivity contribution is 5.74. The number of halogens is 1. The van der Waals surface area contributed by atoms with Crippen molar-refractivity contribution in [3.8, 4) is 17.2 Å². The molecule has 0 radical (unpaired) electrons. The molecule has 0 amide bonds. The van der Waals surface area contributed by atoms with Crippen molar-refractivity contribution in [2.75, 3.05) is 0 Å². The van der Waals surface area contributed by atoms with Crippen LogP contribution in [0.1, 0.15) is 22.3 Å². The van der Waals surface area contributed by atoms with E-state index in [0.717, 1.165) is 16.7 Å². The minimum Gasteiger partial charge on any atom is -0.206 e. The number of hydrogen-bond donors (Lipinski definition) is 0. The maximum atomic E-state index is 13.6. The van der Waals surface area contributed by atoms with E-state index < -0.39 is 5.82 Å². The largest absolute Gasteiger partial charge is 0.206 e. The molecule has 2 aromatic carbocycles. The summed E-state index contributed by atoms with van der Waals surface area (Å²) in [5, 5.41) is 9.09. The topological polar surface area (TPSA) is 23.8 Å². The lowest BCUT2D eigenvalue weighted by Crippen LogP contribution is -1.93. The number of nitrogens with zero attached hydrogens (tertiary/aromatic N) is 1. The standard InChI is InChI=1S/C16H14FN/c1-10-7-12(3)14(8-11(10)2)13-5-4-6-16(17)15(13)9-18/h4-8H,1-3H3. The summed E-state index contributed by atoms with van der Waals surface area (Å²) in [6.45, 7) is 6.04. The Labute approximate surface area is 107 Å². The Morgan fingerprint density at radius 2 is 1.61 bits per heavy atom. The first-order chi connectivity index (χ1) is 8.54. The molecule has 0 aliphatic heterocycles. The van der Waals surface area contributed by atoms with E-state index >= 15 is 0 Å². The van der Waals surface area contributed by atoms with Crippen LogP contribution in [0.5, 0.6) is 0 Å². The summed E-state index contributed by atoms with van der Waals surface area (Å²) in [6, 6.07) is 10.8. The molecule has 0 fully saturated rings. The quantitative estimate of drug-likeness (QED) is 0.728. The second kappa shape index (κ2) is 4.62. The molecule has 0 spiro atoms. The molecule has 0 bridgehead atoms. The molecule has 2 aromatic rings. The van der Waals surface area contributed by atoms with Gasteiger partial charge in [-0.3, -0.25) is 0 Å². The molecule has 0 saturated heterocycles. The Kier molecular flexibility index (Phi) is 3.16. The fourth-order valence-electron chi connectivity index (χ4n) is 2.11. The molecule has 18 heavy (non-hydrogen) atoms. The second-order valence-corrected chi connectivity index (χ2v) is 4.53. The summed E-state index contributed by atoms with van der Waals surface area (Å²) in [7, 11) is 0. The zero-order valence-corrected chi connectivity index (χ0v) is 10.7.